The molecular formula is C10H13ClN2. The average Bonchev–Trinajstić information content (AvgIpc) is 2.11. The van der Waals surface area contributed by atoms with E-state index in [2.05, 4.69) is 10.3 Å². The SMILES string of the molecule is CNCC=Cc1cc(C)cnc1Cl. The van der Waals surface area contributed by atoms with Gasteiger partial charge in [-0.25, -0.2) is 4.98 Å². The topological polar surface area (TPSA) is 24.9 Å². The molecule has 0 fully saturated rings. The van der Waals surface area contributed by atoms with E-state index >= 15 is 0 Å². The van der Waals surface area contributed by atoms with E-state index in [0.29, 0.717) is 5.15 Å². The first kappa shape index (κ1) is 10.2. The van der Waals surface area contributed by atoms with Crippen LogP contribution in [0.4, 0.5) is 0 Å². The summed E-state index contributed by atoms with van der Waals surface area (Å²) in [4.78, 5) is 4.05. The van der Waals surface area contributed by atoms with Crippen LogP contribution in [-0.4, -0.2) is 18.6 Å². The van der Waals surface area contributed by atoms with E-state index in [0.717, 1.165) is 17.7 Å². The van der Waals surface area contributed by atoms with Crippen LogP contribution in [0.15, 0.2) is 18.3 Å². The molecule has 1 rings (SSSR count). The monoisotopic (exact) mass is 196 g/mol. The number of halogens is 1. The summed E-state index contributed by atoms with van der Waals surface area (Å²) in [6, 6.07) is 2.02. The number of aryl methyl sites for hydroxylation is 1. The number of hydrogen-bond acceptors (Lipinski definition) is 2. The van der Waals surface area contributed by atoms with Crippen LogP contribution in [0.1, 0.15) is 11.1 Å². The lowest BCUT2D eigenvalue weighted by Gasteiger charge is -1.98. The highest BCUT2D eigenvalue weighted by atomic mass is 35.5. The van der Waals surface area contributed by atoms with Crippen molar-refractivity contribution in [2.24, 2.45) is 0 Å². The van der Waals surface area contributed by atoms with Gasteiger partial charge < -0.3 is 5.32 Å². The molecule has 0 unspecified atom stereocenters. The lowest BCUT2D eigenvalue weighted by atomic mass is 10.2. The highest BCUT2D eigenvalue weighted by Gasteiger charge is 1.96. The third-order valence-electron chi connectivity index (χ3n) is 1.62. The van der Waals surface area contributed by atoms with Crippen molar-refractivity contribution < 1.29 is 0 Å². The Kier molecular flexibility index (Phi) is 3.93. The minimum Gasteiger partial charge on any atom is -0.316 e. The lowest BCUT2D eigenvalue weighted by molar-refractivity contribution is 0.922. The van der Waals surface area contributed by atoms with Gasteiger partial charge in [0.05, 0.1) is 0 Å². The van der Waals surface area contributed by atoms with Gasteiger partial charge in [-0.2, -0.15) is 0 Å². The van der Waals surface area contributed by atoms with Crippen LogP contribution in [0.25, 0.3) is 6.08 Å². The van der Waals surface area contributed by atoms with Gasteiger partial charge in [0.25, 0.3) is 0 Å². The first-order valence-electron chi connectivity index (χ1n) is 4.17. The molecule has 0 aliphatic carbocycles. The summed E-state index contributed by atoms with van der Waals surface area (Å²) in [5.74, 6) is 0. The predicted molar refractivity (Wildman–Crippen MR) is 56.9 cm³/mol. The van der Waals surface area contributed by atoms with Gasteiger partial charge in [0.1, 0.15) is 5.15 Å². The van der Waals surface area contributed by atoms with E-state index in [1.165, 1.54) is 0 Å². The summed E-state index contributed by atoms with van der Waals surface area (Å²) < 4.78 is 0. The summed E-state index contributed by atoms with van der Waals surface area (Å²) >= 11 is 5.89. The van der Waals surface area contributed by atoms with Crippen molar-refractivity contribution >= 4 is 17.7 Å². The number of hydrogen-bond donors (Lipinski definition) is 1. The number of nitrogens with zero attached hydrogens (tertiary/aromatic N) is 1. The first-order chi connectivity index (χ1) is 6.24. The molecule has 1 N–H and O–H groups in total. The molecule has 0 bridgehead atoms. The normalized spacial score (nSPS) is 11.0. The minimum atomic E-state index is 0.554. The van der Waals surface area contributed by atoms with Crippen LogP contribution in [-0.2, 0) is 0 Å². The predicted octanol–water partition coefficient (Wildman–Crippen LogP) is 2.28. The van der Waals surface area contributed by atoms with E-state index in [-0.39, 0.29) is 0 Å². The van der Waals surface area contributed by atoms with Crippen molar-refractivity contribution in [1.29, 1.82) is 0 Å². The second kappa shape index (κ2) is 5.00. The van der Waals surface area contributed by atoms with Crippen molar-refractivity contribution in [3.05, 3.63) is 34.6 Å². The molecule has 0 aliphatic heterocycles. The van der Waals surface area contributed by atoms with E-state index in [9.17, 15) is 0 Å². The molecule has 70 valence electrons. The number of rotatable bonds is 3. The fourth-order valence-corrected chi connectivity index (χ4v) is 1.16. The molecule has 1 aromatic rings. The van der Waals surface area contributed by atoms with Crippen LogP contribution >= 0.6 is 11.6 Å². The molecule has 1 heterocycles. The Morgan fingerprint density at radius 3 is 3.08 bits per heavy atom. The first-order valence-corrected chi connectivity index (χ1v) is 4.55. The standard InChI is InChI=1S/C10H13ClN2/c1-8-6-9(4-3-5-12-2)10(11)13-7-8/h3-4,6-7,12H,5H2,1-2H3. The molecular weight excluding hydrogens is 184 g/mol. The van der Waals surface area contributed by atoms with Gasteiger partial charge in [-0.15, -0.1) is 0 Å². The zero-order chi connectivity index (χ0) is 9.68. The smallest absolute Gasteiger partial charge is 0.136 e. The molecule has 0 spiro atoms. The van der Waals surface area contributed by atoms with Crippen LogP contribution in [0.3, 0.4) is 0 Å². The number of likely N-dealkylation sites (N-methyl/N-ethyl adjacent to an activating group) is 1. The molecule has 0 radical (unpaired) electrons. The Bertz CT molecular complexity index is 308. The van der Waals surface area contributed by atoms with E-state index < -0.39 is 0 Å². The minimum absolute atomic E-state index is 0.554. The molecule has 1 aromatic heterocycles. The van der Waals surface area contributed by atoms with Gasteiger partial charge in [0.15, 0.2) is 0 Å². The Hall–Kier alpha value is -0.860. The molecule has 2 nitrogen and oxygen atoms in total. The molecule has 0 saturated carbocycles. The maximum atomic E-state index is 5.89. The van der Waals surface area contributed by atoms with Crippen LogP contribution in [0.2, 0.25) is 5.15 Å². The molecule has 13 heavy (non-hydrogen) atoms. The zero-order valence-electron chi connectivity index (χ0n) is 7.84. The van der Waals surface area contributed by atoms with Crippen LogP contribution in [0.5, 0.6) is 0 Å². The summed E-state index contributed by atoms with van der Waals surface area (Å²) in [5.41, 5.74) is 2.09. The molecule has 0 aromatic carbocycles. The quantitative estimate of drug-likeness (QED) is 0.751. The van der Waals surface area contributed by atoms with E-state index in [4.69, 9.17) is 11.6 Å². The van der Waals surface area contributed by atoms with Crippen LogP contribution in [0, 0.1) is 6.92 Å². The Morgan fingerprint density at radius 2 is 2.38 bits per heavy atom. The fraction of sp³-hybridized carbons (Fsp3) is 0.300. The second-order valence-electron chi connectivity index (χ2n) is 2.85. The summed E-state index contributed by atoms with van der Waals surface area (Å²) in [6.07, 6.45) is 5.75. The third kappa shape index (κ3) is 3.17. The number of pyridine rings is 1. The van der Waals surface area contributed by atoms with Gasteiger partial charge in [0, 0.05) is 18.3 Å². The Balaban J connectivity index is 2.81. The second-order valence-corrected chi connectivity index (χ2v) is 3.21. The molecule has 0 saturated heterocycles. The summed E-state index contributed by atoms with van der Waals surface area (Å²) in [5, 5.41) is 3.58. The molecule has 3 heteroatoms. The lowest BCUT2D eigenvalue weighted by Crippen LogP contribution is -2.03. The average molecular weight is 197 g/mol. The zero-order valence-corrected chi connectivity index (χ0v) is 8.60. The van der Waals surface area contributed by atoms with Gasteiger partial charge >= 0.3 is 0 Å². The Morgan fingerprint density at radius 1 is 1.62 bits per heavy atom. The maximum absolute atomic E-state index is 5.89. The number of nitrogens with one attached hydrogen (secondary N) is 1. The van der Waals surface area contributed by atoms with Crippen molar-refractivity contribution in [3.8, 4) is 0 Å². The van der Waals surface area contributed by atoms with Gasteiger partial charge in [0.2, 0.25) is 0 Å². The van der Waals surface area contributed by atoms with Crippen molar-refractivity contribution in [3.63, 3.8) is 0 Å². The largest absolute Gasteiger partial charge is 0.316 e. The molecule has 0 atom stereocenters. The van der Waals surface area contributed by atoms with Crippen LogP contribution < -0.4 is 5.32 Å². The van der Waals surface area contributed by atoms with Gasteiger partial charge in [-0.1, -0.05) is 23.8 Å². The van der Waals surface area contributed by atoms with E-state index in [1.54, 1.807) is 6.20 Å². The summed E-state index contributed by atoms with van der Waals surface area (Å²) in [7, 11) is 1.90. The van der Waals surface area contributed by atoms with Crippen molar-refractivity contribution in [1.82, 2.24) is 10.3 Å². The van der Waals surface area contributed by atoms with Gasteiger partial charge in [-0.05, 0) is 25.6 Å². The maximum Gasteiger partial charge on any atom is 0.136 e. The summed E-state index contributed by atoms with van der Waals surface area (Å²) in [6.45, 7) is 2.84. The molecule has 0 amide bonds. The van der Waals surface area contributed by atoms with E-state index in [1.807, 2.05) is 32.2 Å². The Labute approximate surface area is 83.6 Å². The number of aromatic nitrogens is 1. The van der Waals surface area contributed by atoms with Crippen molar-refractivity contribution in [2.45, 2.75) is 6.92 Å². The molecule has 0 aliphatic rings. The third-order valence-corrected chi connectivity index (χ3v) is 1.94. The highest BCUT2D eigenvalue weighted by molar-refractivity contribution is 6.30. The van der Waals surface area contributed by atoms with Crippen molar-refractivity contribution in [2.75, 3.05) is 13.6 Å². The fourth-order valence-electron chi connectivity index (χ4n) is 0.996. The highest BCUT2D eigenvalue weighted by Crippen LogP contribution is 2.15. The van der Waals surface area contributed by atoms with Gasteiger partial charge in [-0.3, -0.25) is 0 Å².